The molecule has 0 aliphatic rings. The molecule has 0 aliphatic carbocycles. The summed E-state index contributed by atoms with van der Waals surface area (Å²) in [7, 11) is -2.38. The molecule has 0 heterocycles. The minimum absolute atomic E-state index is 0.000982. The molecular formula is C12H17NO5S. The molecule has 1 aromatic carbocycles. The van der Waals surface area contributed by atoms with E-state index in [-0.39, 0.29) is 18.0 Å². The first-order chi connectivity index (χ1) is 8.87. The Morgan fingerprint density at radius 3 is 2.37 bits per heavy atom. The van der Waals surface area contributed by atoms with Crippen molar-refractivity contribution in [3.05, 3.63) is 29.8 Å². The fourth-order valence-electron chi connectivity index (χ4n) is 1.49. The van der Waals surface area contributed by atoms with E-state index >= 15 is 0 Å². The van der Waals surface area contributed by atoms with Crippen LogP contribution in [0.2, 0.25) is 0 Å². The number of aliphatic carboxylic acids is 1. The summed E-state index contributed by atoms with van der Waals surface area (Å²) in [6.07, 6.45) is 0. The van der Waals surface area contributed by atoms with Crippen molar-refractivity contribution in [3.8, 4) is 0 Å². The van der Waals surface area contributed by atoms with Crippen molar-refractivity contribution < 1.29 is 23.1 Å². The molecular weight excluding hydrogens is 270 g/mol. The summed E-state index contributed by atoms with van der Waals surface area (Å²) in [5.74, 6) is -1.20. The van der Waals surface area contributed by atoms with E-state index in [1.54, 1.807) is 12.1 Å². The van der Waals surface area contributed by atoms with E-state index in [0.717, 1.165) is 9.87 Å². The first kappa shape index (κ1) is 15.6. The lowest BCUT2D eigenvalue weighted by Crippen LogP contribution is -2.37. The number of aryl methyl sites for hydroxylation is 1. The minimum atomic E-state index is -3.81. The number of carboxylic acid groups (broad SMARTS) is 1. The maximum atomic E-state index is 12.3. The van der Waals surface area contributed by atoms with E-state index in [1.165, 1.54) is 19.2 Å². The van der Waals surface area contributed by atoms with Crippen LogP contribution >= 0.6 is 0 Å². The van der Waals surface area contributed by atoms with E-state index in [9.17, 15) is 13.2 Å². The van der Waals surface area contributed by atoms with E-state index in [4.69, 9.17) is 9.84 Å². The molecule has 0 aromatic heterocycles. The first-order valence-electron chi connectivity index (χ1n) is 5.65. The molecule has 19 heavy (non-hydrogen) atoms. The number of carbonyl (C=O) groups is 1. The number of sulfonamides is 1. The summed E-state index contributed by atoms with van der Waals surface area (Å²) in [6.45, 7) is 1.40. The fourth-order valence-corrected chi connectivity index (χ4v) is 2.86. The summed E-state index contributed by atoms with van der Waals surface area (Å²) in [6, 6.07) is 6.27. The number of hydrogen-bond acceptors (Lipinski definition) is 4. The molecule has 0 bridgehead atoms. The molecule has 0 unspecified atom stereocenters. The number of methoxy groups -OCH3 is 1. The molecule has 0 radical (unpaired) electrons. The Hall–Kier alpha value is -1.44. The molecule has 0 amide bonds. The van der Waals surface area contributed by atoms with Crippen LogP contribution in [-0.2, 0) is 19.6 Å². The summed E-state index contributed by atoms with van der Waals surface area (Å²) in [5, 5.41) is 8.79. The van der Waals surface area contributed by atoms with Gasteiger partial charge in [-0.3, -0.25) is 4.79 Å². The van der Waals surface area contributed by atoms with Gasteiger partial charge < -0.3 is 9.84 Å². The molecule has 0 atom stereocenters. The topological polar surface area (TPSA) is 83.9 Å². The minimum Gasteiger partial charge on any atom is -0.480 e. The van der Waals surface area contributed by atoms with Crippen molar-refractivity contribution in [3.63, 3.8) is 0 Å². The number of benzene rings is 1. The van der Waals surface area contributed by atoms with Crippen molar-refractivity contribution in [2.45, 2.75) is 11.8 Å². The number of rotatable bonds is 7. The Bertz CT molecular complexity index is 524. The zero-order valence-electron chi connectivity index (χ0n) is 10.9. The van der Waals surface area contributed by atoms with Crippen LogP contribution in [0.4, 0.5) is 0 Å². The maximum absolute atomic E-state index is 12.3. The Labute approximate surface area is 112 Å². The molecule has 0 saturated carbocycles. The lowest BCUT2D eigenvalue weighted by atomic mass is 10.2. The normalized spacial score (nSPS) is 11.7. The fraction of sp³-hybridized carbons (Fsp3) is 0.417. The average Bonchev–Trinajstić information content (AvgIpc) is 2.34. The Morgan fingerprint density at radius 2 is 1.89 bits per heavy atom. The predicted octanol–water partition coefficient (Wildman–Crippen LogP) is 0.717. The lowest BCUT2D eigenvalue weighted by Gasteiger charge is -2.20. The smallest absolute Gasteiger partial charge is 0.318 e. The number of ether oxygens (including phenoxy) is 1. The van der Waals surface area contributed by atoms with Crippen LogP contribution in [0.25, 0.3) is 0 Å². The van der Waals surface area contributed by atoms with Gasteiger partial charge in [0.05, 0.1) is 11.5 Å². The molecule has 6 nitrogen and oxygen atoms in total. The van der Waals surface area contributed by atoms with Gasteiger partial charge in [-0.15, -0.1) is 0 Å². The van der Waals surface area contributed by atoms with Crippen molar-refractivity contribution in [2.24, 2.45) is 0 Å². The number of hydrogen-bond donors (Lipinski definition) is 1. The summed E-state index contributed by atoms with van der Waals surface area (Å²) in [4.78, 5) is 10.8. The summed E-state index contributed by atoms with van der Waals surface area (Å²) >= 11 is 0. The van der Waals surface area contributed by atoms with Gasteiger partial charge in [-0.05, 0) is 19.1 Å². The zero-order valence-corrected chi connectivity index (χ0v) is 11.7. The SMILES string of the molecule is COCCN(CC(=O)O)S(=O)(=O)c1ccc(C)cc1. The molecule has 0 aliphatic heterocycles. The van der Waals surface area contributed by atoms with Gasteiger partial charge in [0.25, 0.3) is 0 Å². The van der Waals surface area contributed by atoms with Crippen LogP contribution in [0.3, 0.4) is 0 Å². The van der Waals surface area contributed by atoms with E-state index in [1.807, 2.05) is 6.92 Å². The third-order valence-electron chi connectivity index (χ3n) is 2.52. The van der Waals surface area contributed by atoms with Crippen LogP contribution in [0, 0.1) is 6.92 Å². The highest BCUT2D eigenvalue weighted by atomic mass is 32.2. The molecule has 106 valence electrons. The largest absolute Gasteiger partial charge is 0.480 e. The van der Waals surface area contributed by atoms with Crippen molar-refractivity contribution in [1.82, 2.24) is 4.31 Å². The van der Waals surface area contributed by atoms with Gasteiger partial charge in [-0.1, -0.05) is 17.7 Å². The zero-order chi connectivity index (χ0) is 14.5. The number of nitrogens with zero attached hydrogens (tertiary/aromatic N) is 1. The van der Waals surface area contributed by atoms with Gasteiger partial charge >= 0.3 is 5.97 Å². The highest BCUT2D eigenvalue weighted by Gasteiger charge is 2.26. The number of carboxylic acids is 1. The second-order valence-electron chi connectivity index (χ2n) is 4.04. The quantitative estimate of drug-likeness (QED) is 0.798. The third-order valence-corrected chi connectivity index (χ3v) is 4.37. The third kappa shape index (κ3) is 4.30. The van der Waals surface area contributed by atoms with E-state index < -0.39 is 22.5 Å². The van der Waals surface area contributed by atoms with Crippen LogP contribution in [0.5, 0.6) is 0 Å². The molecule has 0 spiro atoms. The highest BCUT2D eigenvalue weighted by molar-refractivity contribution is 7.89. The molecule has 1 N–H and O–H groups in total. The average molecular weight is 287 g/mol. The van der Waals surface area contributed by atoms with Gasteiger partial charge in [0, 0.05) is 13.7 Å². The first-order valence-corrected chi connectivity index (χ1v) is 7.09. The molecule has 0 saturated heterocycles. The van der Waals surface area contributed by atoms with Crippen molar-refractivity contribution >= 4 is 16.0 Å². The van der Waals surface area contributed by atoms with Crippen LogP contribution in [-0.4, -0.2) is 50.6 Å². The summed E-state index contributed by atoms with van der Waals surface area (Å²) in [5.41, 5.74) is 0.931. The van der Waals surface area contributed by atoms with Gasteiger partial charge in [0.1, 0.15) is 6.54 Å². The highest BCUT2D eigenvalue weighted by Crippen LogP contribution is 2.16. The molecule has 1 aromatic rings. The Morgan fingerprint density at radius 1 is 1.32 bits per heavy atom. The predicted molar refractivity (Wildman–Crippen MR) is 69.4 cm³/mol. The van der Waals surface area contributed by atoms with Crippen molar-refractivity contribution in [2.75, 3.05) is 26.8 Å². The lowest BCUT2D eigenvalue weighted by molar-refractivity contribution is -0.137. The van der Waals surface area contributed by atoms with Gasteiger partial charge in [0.15, 0.2) is 0 Å². The van der Waals surface area contributed by atoms with Crippen LogP contribution in [0.15, 0.2) is 29.2 Å². The van der Waals surface area contributed by atoms with Gasteiger partial charge in [-0.2, -0.15) is 4.31 Å². The van der Waals surface area contributed by atoms with E-state index in [2.05, 4.69) is 0 Å². The molecule has 0 fully saturated rings. The Kier molecular flexibility index (Phi) is 5.46. The maximum Gasteiger partial charge on any atom is 0.318 e. The monoisotopic (exact) mass is 287 g/mol. The second-order valence-corrected chi connectivity index (χ2v) is 5.98. The summed E-state index contributed by atoms with van der Waals surface area (Å²) < 4.78 is 30.3. The second kappa shape index (κ2) is 6.65. The van der Waals surface area contributed by atoms with Gasteiger partial charge in [-0.25, -0.2) is 8.42 Å². The van der Waals surface area contributed by atoms with E-state index in [0.29, 0.717) is 0 Å². The Balaban J connectivity index is 3.03. The molecule has 7 heteroatoms. The standard InChI is InChI=1S/C12H17NO5S/c1-10-3-5-11(6-4-10)19(16,17)13(7-8-18-2)9-12(14)15/h3-6H,7-9H2,1-2H3,(H,14,15). The molecule has 1 rings (SSSR count). The van der Waals surface area contributed by atoms with Crippen molar-refractivity contribution in [1.29, 1.82) is 0 Å². The van der Waals surface area contributed by atoms with Gasteiger partial charge in [0.2, 0.25) is 10.0 Å². The van der Waals surface area contributed by atoms with Crippen LogP contribution in [0.1, 0.15) is 5.56 Å². The van der Waals surface area contributed by atoms with Crippen LogP contribution < -0.4 is 0 Å².